The highest BCUT2D eigenvalue weighted by atomic mass is 16.5. The first-order valence-electron chi connectivity index (χ1n) is 6.39. The van der Waals surface area contributed by atoms with Crippen molar-refractivity contribution in [3.05, 3.63) is 23.8 Å². The maximum Gasteiger partial charge on any atom is 0.161 e. The molecule has 1 atom stereocenters. The smallest absolute Gasteiger partial charge is 0.161 e. The fourth-order valence-electron chi connectivity index (χ4n) is 1.63. The molecule has 0 heterocycles. The lowest BCUT2D eigenvalue weighted by molar-refractivity contribution is 0.167. The fourth-order valence-corrected chi connectivity index (χ4v) is 1.63. The number of hydrogen-bond acceptors (Lipinski definition) is 4. The van der Waals surface area contributed by atoms with E-state index in [0.717, 1.165) is 23.5 Å². The van der Waals surface area contributed by atoms with Crippen LogP contribution in [-0.2, 0) is 6.54 Å². The van der Waals surface area contributed by atoms with E-state index in [0.29, 0.717) is 19.7 Å². The highest BCUT2D eigenvalue weighted by Gasteiger charge is 2.05. The molecule has 1 unspecified atom stereocenters. The number of aliphatic hydroxyl groups excluding tert-OH is 1. The van der Waals surface area contributed by atoms with E-state index in [1.54, 1.807) is 7.11 Å². The molecule has 1 aromatic carbocycles. The average Bonchev–Trinajstić information content (AvgIpc) is 2.39. The van der Waals surface area contributed by atoms with E-state index < -0.39 is 0 Å². The van der Waals surface area contributed by atoms with Crippen molar-refractivity contribution < 1.29 is 14.6 Å². The summed E-state index contributed by atoms with van der Waals surface area (Å²) < 4.78 is 10.7. The van der Waals surface area contributed by atoms with Gasteiger partial charge in [0.25, 0.3) is 0 Å². The van der Waals surface area contributed by atoms with Crippen LogP contribution < -0.4 is 14.8 Å². The molecule has 0 aliphatic carbocycles. The predicted molar refractivity (Wildman–Crippen MR) is 72.2 cm³/mol. The summed E-state index contributed by atoms with van der Waals surface area (Å²) in [4.78, 5) is 0. The number of hydrogen-bond donors (Lipinski definition) is 2. The Hall–Kier alpha value is -1.26. The van der Waals surface area contributed by atoms with Gasteiger partial charge in [-0.05, 0) is 31.0 Å². The summed E-state index contributed by atoms with van der Waals surface area (Å²) in [5, 5.41) is 12.7. The molecule has 0 spiro atoms. The second-order valence-electron chi connectivity index (χ2n) is 4.11. The van der Waals surface area contributed by atoms with Gasteiger partial charge in [0, 0.05) is 13.1 Å². The van der Waals surface area contributed by atoms with Gasteiger partial charge in [-0.25, -0.2) is 0 Å². The molecule has 0 radical (unpaired) electrons. The topological polar surface area (TPSA) is 50.7 Å². The van der Waals surface area contributed by atoms with Crippen LogP contribution in [0.3, 0.4) is 0 Å². The van der Waals surface area contributed by atoms with Crippen molar-refractivity contribution in [1.82, 2.24) is 5.32 Å². The van der Waals surface area contributed by atoms with E-state index in [2.05, 4.69) is 5.32 Å². The number of rotatable bonds is 8. The van der Waals surface area contributed by atoms with Crippen LogP contribution in [-0.4, -0.2) is 31.5 Å². The first kappa shape index (κ1) is 14.8. The average molecular weight is 253 g/mol. The fraction of sp³-hybridized carbons (Fsp3) is 0.571. The Bertz CT molecular complexity index is 355. The molecule has 0 aliphatic rings. The number of ether oxygens (including phenoxy) is 2. The van der Waals surface area contributed by atoms with E-state index >= 15 is 0 Å². The minimum Gasteiger partial charge on any atom is -0.493 e. The molecule has 4 heteroatoms. The van der Waals surface area contributed by atoms with Gasteiger partial charge >= 0.3 is 0 Å². The maximum atomic E-state index is 9.45. The highest BCUT2D eigenvalue weighted by molar-refractivity contribution is 5.42. The number of nitrogens with one attached hydrogen (secondary N) is 1. The zero-order valence-corrected chi connectivity index (χ0v) is 11.4. The summed E-state index contributed by atoms with van der Waals surface area (Å²) in [6, 6.07) is 5.86. The third-order valence-corrected chi connectivity index (χ3v) is 2.71. The molecule has 0 aromatic heterocycles. The third kappa shape index (κ3) is 4.55. The molecular formula is C14H23NO3. The monoisotopic (exact) mass is 253 g/mol. The van der Waals surface area contributed by atoms with Crippen molar-refractivity contribution in [3.8, 4) is 11.5 Å². The van der Waals surface area contributed by atoms with Crippen LogP contribution >= 0.6 is 0 Å². The Balaban J connectivity index is 2.58. The lowest BCUT2D eigenvalue weighted by Gasteiger charge is -2.12. The van der Waals surface area contributed by atoms with E-state index in [1.807, 2.05) is 32.0 Å². The lowest BCUT2D eigenvalue weighted by atomic mass is 10.2. The number of benzene rings is 1. The molecular weight excluding hydrogens is 230 g/mol. The summed E-state index contributed by atoms with van der Waals surface area (Å²) in [6.07, 6.45) is 0.481. The van der Waals surface area contributed by atoms with Gasteiger partial charge in [-0.3, -0.25) is 0 Å². The SMILES string of the molecule is CCOc1cc(CNCC(O)CC)ccc1OC. The van der Waals surface area contributed by atoms with Crippen LogP contribution in [0.4, 0.5) is 0 Å². The largest absolute Gasteiger partial charge is 0.493 e. The zero-order chi connectivity index (χ0) is 13.4. The van der Waals surface area contributed by atoms with Crippen molar-refractivity contribution in [2.75, 3.05) is 20.3 Å². The van der Waals surface area contributed by atoms with Gasteiger partial charge in [0.2, 0.25) is 0 Å². The molecule has 0 saturated carbocycles. The van der Waals surface area contributed by atoms with E-state index in [9.17, 15) is 5.11 Å². The zero-order valence-electron chi connectivity index (χ0n) is 11.4. The minimum atomic E-state index is -0.283. The highest BCUT2D eigenvalue weighted by Crippen LogP contribution is 2.27. The summed E-state index contributed by atoms with van der Waals surface area (Å²) in [5.41, 5.74) is 1.11. The van der Waals surface area contributed by atoms with Gasteiger partial charge < -0.3 is 19.9 Å². The summed E-state index contributed by atoms with van der Waals surface area (Å²) in [7, 11) is 1.63. The van der Waals surface area contributed by atoms with Crippen LogP contribution in [0.2, 0.25) is 0 Å². The molecule has 0 amide bonds. The van der Waals surface area contributed by atoms with Gasteiger partial charge in [-0.2, -0.15) is 0 Å². The molecule has 2 N–H and O–H groups in total. The van der Waals surface area contributed by atoms with Crippen LogP contribution in [0.15, 0.2) is 18.2 Å². The quantitative estimate of drug-likeness (QED) is 0.743. The van der Waals surface area contributed by atoms with Gasteiger partial charge in [0.15, 0.2) is 11.5 Å². The second-order valence-corrected chi connectivity index (χ2v) is 4.11. The first-order valence-corrected chi connectivity index (χ1v) is 6.39. The predicted octanol–water partition coefficient (Wildman–Crippen LogP) is 1.95. The first-order chi connectivity index (χ1) is 8.71. The van der Waals surface area contributed by atoms with Crippen LogP contribution in [0.1, 0.15) is 25.8 Å². The van der Waals surface area contributed by atoms with Crippen molar-refractivity contribution in [2.45, 2.75) is 32.9 Å². The Morgan fingerprint density at radius 1 is 1.28 bits per heavy atom. The van der Waals surface area contributed by atoms with Gasteiger partial charge in [-0.15, -0.1) is 0 Å². The van der Waals surface area contributed by atoms with E-state index in [1.165, 1.54) is 0 Å². The standard InChI is InChI=1S/C14H23NO3/c1-4-12(16)10-15-9-11-6-7-13(17-3)14(8-11)18-5-2/h6-8,12,15-16H,4-5,9-10H2,1-3H3. The summed E-state index contributed by atoms with van der Waals surface area (Å²) in [5.74, 6) is 1.50. The third-order valence-electron chi connectivity index (χ3n) is 2.71. The van der Waals surface area contributed by atoms with Gasteiger partial charge in [0.05, 0.1) is 19.8 Å². The van der Waals surface area contributed by atoms with Crippen LogP contribution in [0, 0.1) is 0 Å². The van der Waals surface area contributed by atoms with Gasteiger partial charge in [-0.1, -0.05) is 13.0 Å². The molecule has 0 fully saturated rings. The molecule has 18 heavy (non-hydrogen) atoms. The number of methoxy groups -OCH3 is 1. The lowest BCUT2D eigenvalue weighted by Crippen LogP contribution is -2.25. The van der Waals surface area contributed by atoms with Crippen molar-refractivity contribution in [1.29, 1.82) is 0 Å². The Morgan fingerprint density at radius 3 is 2.67 bits per heavy atom. The second kappa shape index (κ2) is 7.95. The van der Waals surface area contributed by atoms with Crippen LogP contribution in [0.5, 0.6) is 11.5 Å². The van der Waals surface area contributed by atoms with E-state index in [4.69, 9.17) is 9.47 Å². The molecule has 0 bridgehead atoms. The van der Waals surface area contributed by atoms with Crippen molar-refractivity contribution in [2.24, 2.45) is 0 Å². The van der Waals surface area contributed by atoms with Gasteiger partial charge in [0.1, 0.15) is 0 Å². The summed E-state index contributed by atoms with van der Waals surface area (Å²) in [6.45, 7) is 5.84. The molecule has 1 aromatic rings. The number of aliphatic hydroxyl groups is 1. The summed E-state index contributed by atoms with van der Waals surface area (Å²) >= 11 is 0. The van der Waals surface area contributed by atoms with Crippen molar-refractivity contribution in [3.63, 3.8) is 0 Å². The Morgan fingerprint density at radius 2 is 2.06 bits per heavy atom. The molecule has 1 rings (SSSR count). The van der Waals surface area contributed by atoms with E-state index in [-0.39, 0.29) is 6.10 Å². The van der Waals surface area contributed by atoms with Crippen molar-refractivity contribution >= 4 is 0 Å². The molecule has 102 valence electrons. The molecule has 0 aliphatic heterocycles. The molecule has 4 nitrogen and oxygen atoms in total. The Kier molecular flexibility index (Phi) is 6.54. The van der Waals surface area contributed by atoms with Crippen LogP contribution in [0.25, 0.3) is 0 Å². The normalized spacial score (nSPS) is 12.2. The molecule has 0 saturated heterocycles. The maximum absolute atomic E-state index is 9.45. The Labute approximate surface area is 109 Å². The minimum absolute atomic E-state index is 0.283.